The van der Waals surface area contributed by atoms with Crippen molar-refractivity contribution in [1.82, 2.24) is 24.7 Å². The summed E-state index contributed by atoms with van der Waals surface area (Å²) in [5.41, 5.74) is 1.30. The van der Waals surface area contributed by atoms with Crippen LogP contribution in [0, 0.1) is 11.8 Å². The fourth-order valence-electron chi connectivity index (χ4n) is 4.75. The number of hydrogen-bond donors (Lipinski definition) is 0. The van der Waals surface area contributed by atoms with E-state index in [1.165, 1.54) is 0 Å². The molecule has 1 amide bonds. The Kier molecular flexibility index (Phi) is 6.21. The van der Waals surface area contributed by atoms with Gasteiger partial charge in [0, 0.05) is 43.6 Å². The van der Waals surface area contributed by atoms with Crippen molar-refractivity contribution in [2.45, 2.75) is 25.7 Å². The molecule has 0 unspecified atom stereocenters. The Morgan fingerprint density at radius 3 is 2.33 bits per heavy atom. The number of Topliss-reactive ketones (excluding diaryl/α,β-unsaturated/α-hetero) is 1. The minimum atomic E-state index is -0.0909. The SMILES string of the molecule is O=C(c1ccc(Cl)c(Cl)c1)C1CCN(C(=O)C2CCN(c3ccc4nncn4n3)CC2)CC1. The number of nitrogens with zero attached hydrogens (tertiary/aromatic N) is 6. The van der Waals surface area contributed by atoms with Crippen molar-refractivity contribution in [1.29, 1.82) is 0 Å². The van der Waals surface area contributed by atoms with Crippen LogP contribution < -0.4 is 4.90 Å². The normalized spacial score (nSPS) is 18.1. The first kappa shape index (κ1) is 22.1. The molecule has 0 spiro atoms. The van der Waals surface area contributed by atoms with E-state index in [0.29, 0.717) is 47.2 Å². The molecule has 1 aromatic carbocycles. The van der Waals surface area contributed by atoms with Crippen molar-refractivity contribution < 1.29 is 9.59 Å². The molecule has 33 heavy (non-hydrogen) atoms. The average Bonchev–Trinajstić information content (AvgIpc) is 3.33. The lowest BCUT2D eigenvalue weighted by molar-refractivity contribution is -0.137. The molecule has 0 radical (unpaired) electrons. The highest BCUT2D eigenvalue weighted by atomic mass is 35.5. The van der Waals surface area contributed by atoms with Gasteiger partial charge >= 0.3 is 0 Å². The van der Waals surface area contributed by atoms with Crippen LogP contribution in [0.2, 0.25) is 10.0 Å². The monoisotopic (exact) mass is 486 g/mol. The van der Waals surface area contributed by atoms with Crippen LogP contribution in [0.3, 0.4) is 0 Å². The van der Waals surface area contributed by atoms with Gasteiger partial charge in [-0.1, -0.05) is 23.2 Å². The zero-order chi connectivity index (χ0) is 22.9. The number of fused-ring (bicyclic) bond motifs is 1. The van der Waals surface area contributed by atoms with Crippen LogP contribution in [0.1, 0.15) is 36.0 Å². The summed E-state index contributed by atoms with van der Waals surface area (Å²) in [7, 11) is 0. The van der Waals surface area contributed by atoms with Crippen LogP contribution in [0.15, 0.2) is 36.7 Å². The van der Waals surface area contributed by atoms with Gasteiger partial charge in [-0.15, -0.1) is 15.3 Å². The highest BCUT2D eigenvalue weighted by Gasteiger charge is 2.33. The second-order valence-corrected chi connectivity index (χ2v) is 9.49. The van der Waals surface area contributed by atoms with Gasteiger partial charge in [0.05, 0.1) is 10.0 Å². The van der Waals surface area contributed by atoms with E-state index in [1.807, 2.05) is 17.0 Å². The summed E-state index contributed by atoms with van der Waals surface area (Å²) >= 11 is 12.0. The van der Waals surface area contributed by atoms with Gasteiger partial charge in [0.25, 0.3) is 0 Å². The predicted molar refractivity (Wildman–Crippen MR) is 126 cm³/mol. The molecule has 4 heterocycles. The van der Waals surface area contributed by atoms with Crippen LogP contribution >= 0.6 is 23.2 Å². The third-order valence-corrected chi connectivity index (χ3v) is 7.44. The summed E-state index contributed by atoms with van der Waals surface area (Å²) in [5, 5.41) is 13.2. The molecule has 0 N–H and O–H groups in total. The lowest BCUT2D eigenvalue weighted by atomic mass is 9.87. The number of hydrogen-bond acceptors (Lipinski definition) is 6. The molecule has 2 fully saturated rings. The third kappa shape index (κ3) is 4.54. The van der Waals surface area contributed by atoms with E-state index in [-0.39, 0.29) is 23.5 Å². The minimum absolute atomic E-state index is 0.0159. The summed E-state index contributed by atoms with van der Waals surface area (Å²) in [6.45, 7) is 2.79. The fourth-order valence-corrected chi connectivity index (χ4v) is 5.05. The second-order valence-electron chi connectivity index (χ2n) is 8.68. The van der Waals surface area contributed by atoms with Gasteiger partial charge in [0.2, 0.25) is 5.91 Å². The van der Waals surface area contributed by atoms with E-state index >= 15 is 0 Å². The zero-order valence-corrected chi connectivity index (χ0v) is 19.5. The number of rotatable bonds is 4. The van der Waals surface area contributed by atoms with Crippen molar-refractivity contribution in [3.05, 3.63) is 52.3 Å². The van der Waals surface area contributed by atoms with Crippen LogP contribution in [-0.2, 0) is 4.79 Å². The van der Waals surface area contributed by atoms with E-state index in [4.69, 9.17) is 23.2 Å². The average molecular weight is 487 g/mol. The highest BCUT2D eigenvalue weighted by Crippen LogP contribution is 2.29. The Hall–Kier alpha value is -2.71. The first-order valence-corrected chi connectivity index (χ1v) is 12.0. The Bertz CT molecular complexity index is 1180. The molecule has 2 aliphatic heterocycles. The molecule has 0 bridgehead atoms. The maximum absolute atomic E-state index is 13.1. The number of aromatic nitrogens is 4. The number of amides is 1. The summed E-state index contributed by atoms with van der Waals surface area (Å²) in [5.74, 6) is 1.08. The standard InChI is InChI=1S/C23H24Cl2N6O2/c24-18-2-1-17(13-19(18)25)22(32)15-5-11-30(12-6-15)23(33)16-7-9-29(10-8-16)21-4-3-20-27-26-14-31(20)28-21/h1-4,13-16H,5-12H2. The Morgan fingerprint density at radius 2 is 1.61 bits per heavy atom. The van der Waals surface area contributed by atoms with E-state index in [2.05, 4.69) is 20.2 Å². The predicted octanol–water partition coefficient (Wildman–Crippen LogP) is 3.77. The molecule has 0 atom stereocenters. The van der Waals surface area contributed by atoms with E-state index < -0.39 is 0 Å². The number of piperidine rings is 2. The smallest absolute Gasteiger partial charge is 0.225 e. The Labute approximate surface area is 201 Å². The molecule has 5 rings (SSSR count). The molecular weight excluding hydrogens is 463 g/mol. The second kappa shape index (κ2) is 9.27. The highest BCUT2D eigenvalue weighted by molar-refractivity contribution is 6.42. The summed E-state index contributed by atoms with van der Waals surface area (Å²) < 4.78 is 1.66. The molecule has 2 aromatic heterocycles. The first-order chi connectivity index (χ1) is 16.0. The molecule has 0 aliphatic carbocycles. The largest absolute Gasteiger partial charge is 0.355 e. The number of carbonyl (C=O) groups is 2. The van der Waals surface area contributed by atoms with Gasteiger partial charge < -0.3 is 9.80 Å². The Balaban J connectivity index is 1.14. The maximum atomic E-state index is 13.1. The molecular formula is C23H24Cl2N6O2. The topological polar surface area (TPSA) is 83.7 Å². The number of ketones is 1. The third-order valence-electron chi connectivity index (χ3n) is 6.70. The van der Waals surface area contributed by atoms with Crippen LogP contribution in [0.25, 0.3) is 5.65 Å². The maximum Gasteiger partial charge on any atom is 0.225 e. The molecule has 10 heteroatoms. The number of carbonyl (C=O) groups excluding carboxylic acids is 2. The van der Waals surface area contributed by atoms with Crippen molar-refractivity contribution in [2.24, 2.45) is 11.8 Å². The number of benzene rings is 1. The Morgan fingerprint density at radius 1 is 0.879 bits per heavy atom. The van der Waals surface area contributed by atoms with Crippen molar-refractivity contribution in [2.75, 3.05) is 31.1 Å². The van der Waals surface area contributed by atoms with Crippen LogP contribution in [0.4, 0.5) is 5.82 Å². The quantitative estimate of drug-likeness (QED) is 0.521. The zero-order valence-electron chi connectivity index (χ0n) is 18.0. The summed E-state index contributed by atoms with van der Waals surface area (Å²) in [4.78, 5) is 30.1. The molecule has 3 aromatic rings. The summed E-state index contributed by atoms with van der Waals surface area (Å²) in [6.07, 6.45) is 4.52. The van der Waals surface area contributed by atoms with Gasteiger partial charge in [0.15, 0.2) is 11.4 Å². The first-order valence-electron chi connectivity index (χ1n) is 11.2. The minimum Gasteiger partial charge on any atom is -0.355 e. The molecule has 0 saturated carbocycles. The molecule has 2 aliphatic rings. The number of likely N-dealkylation sites (tertiary alicyclic amines) is 1. The van der Waals surface area contributed by atoms with Crippen LogP contribution in [0.5, 0.6) is 0 Å². The van der Waals surface area contributed by atoms with Crippen molar-refractivity contribution >= 4 is 46.4 Å². The molecule has 8 nitrogen and oxygen atoms in total. The fraction of sp³-hybridized carbons (Fsp3) is 0.435. The van der Waals surface area contributed by atoms with Gasteiger partial charge in [-0.2, -0.15) is 4.52 Å². The van der Waals surface area contributed by atoms with Gasteiger partial charge in [0.1, 0.15) is 12.1 Å². The van der Waals surface area contributed by atoms with Crippen molar-refractivity contribution in [3.8, 4) is 0 Å². The summed E-state index contributed by atoms with van der Waals surface area (Å²) in [6, 6.07) is 8.85. The van der Waals surface area contributed by atoms with Gasteiger partial charge in [-0.05, 0) is 56.0 Å². The molecule has 172 valence electrons. The van der Waals surface area contributed by atoms with E-state index in [1.54, 1.807) is 29.0 Å². The number of halogens is 2. The number of anilines is 1. The van der Waals surface area contributed by atoms with E-state index in [0.717, 1.165) is 31.7 Å². The van der Waals surface area contributed by atoms with E-state index in [9.17, 15) is 9.59 Å². The van der Waals surface area contributed by atoms with Gasteiger partial charge in [-0.3, -0.25) is 9.59 Å². The lowest BCUT2D eigenvalue weighted by Crippen LogP contribution is -2.46. The van der Waals surface area contributed by atoms with Crippen LogP contribution in [-0.4, -0.2) is 62.6 Å². The van der Waals surface area contributed by atoms with Gasteiger partial charge in [-0.25, -0.2) is 0 Å². The molecule has 2 saturated heterocycles. The lowest BCUT2D eigenvalue weighted by Gasteiger charge is -2.37. The van der Waals surface area contributed by atoms with Crippen molar-refractivity contribution in [3.63, 3.8) is 0 Å².